The van der Waals surface area contributed by atoms with Crippen LogP contribution >= 0.6 is 11.6 Å². The second-order valence-corrected chi connectivity index (χ2v) is 8.50. The topological polar surface area (TPSA) is 99.9 Å². The molecule has 3 aromatic rings. The van der Waals surface area contributed by atoms with Crippen LogP contribution in [0.5, 0.6) is 11.5 Å². The summed E-state index contributed by atoms with van der Waals surface area (Å²) in [6.45, 7) is 2.49. The first kappa shape index (κ1) is 24.8. The van der Waals surface area contributed by atoms with Crippen molar-refractivity contribution in [3.05, 3.63) is 94.0 Å². The highest BCUT2D eigenvalue weighted by molar-refractivity contribution is 6.52. The molecule has 1 heterocycles. The zero-order valence-corrected chi connectivity index (χ0v) is 20.5. The van der Waals surface area contributed by atoms with Crippen LogP contribution in [0.1, 0.15) is 36.1 Å². The van der Waals surface area contributed by atoms with E-state index in [2.05, 4.69) is 0 Å². The Labute approximate surface area is 213 Å². The summed E-state index contributed by atoms with van der Waals surface area (Å²) in [5.74, 6) is -1.10. The van der Waals surface area contributed by atoms with Crippen LogP contribution in [0.15, 0.2) is 72.3 Å². The van der Waals surface area contributed by atoms with Gasteiger partial charge in [-0.2, -0.15) is 5.26 Å². The molecule has 1 atom stereocenters. The van der Waals surface area contributed by atoms with E-state index < -0.39 is 23.5 Å². The lowest BCUT2D eigenvalue weighted by Crippen LogP contribution is -2.29. The molecule has 4 rings (SSSR count). The van der Waals surface area contributed by atoms with Crippen molar-refractivity contribution >= 4 is 34.7 Å². The van der Waals surface area contributed by atoms with E-state index in [1.807, 2.05) is 13.0 Å². The molecule has 1 unspecified atom stereocenters. The average molecular weight is 503 g/mol. The normalized spacial score (nSPS) is 16.6. The van der Waals surface area contributed by atoms with Crippen LogP contribution in [0.4, 0.5) is 5.69 Å². The minimum absolute atomic E-state index is 0.118. The van der Waals surface area contributed by atoms with Crippen molar-refractivity contribution in [2.24, 2.45) is 0 Å². The average Bonchev–Trinajstić information content (AvgIpc) is 3.17. The minimum atomic E-state index is -0.967. The van der Waals surface area contributed by atoms with Gasteiger partial charge in [-0.05, 0) is 66.6 Å². The van der Waals surface area contributed by atoms with Gasteiger partial charge in [-0.1, -0.05) is 30.7 Å². The van der Waals surface area contributed by atoms with Gasteiger partial charge in [0.15, 0.2) is 0 Å². The number of nitriles is 1. The van der Waals surface area contributed by atoms with Crippen molar-refractivity contribution in [2.75, 3.05) is 18.6 Å². The summed E-state index contributed by atoms with van der Waals surface area (Å²) < 4.78 is 11.0. The Bertz CT molecular complexity index is 1390. The summed E-state index contributed by atoms with van der Waals surface area (Å²) in [4.78, 5) is 28.0. The summed E-state index contributed by atoms with van der Waals surface area (Å²) in [6.07, 6.45) is 0.808. The van der Waals surface area contributed by atoms with Gasteiger partial charge in [-0.3, -0.25) is 14.5 Å². The number of methoxy groups -OCH3 is 1. The molecule has 1 amide bonds. The number of halogens is 1. The van der Waals surface area contributed by atoms with Crippen LogP contribution in [0, 0.1) is 11.3 Å². The van der Waals surface area contributed by atoms with Gasteiger partial charge in [-0.25, -0.2) is 0 Å². The second-order valence-electron chi connectivity index (χ2n) is 8.09. The van der Waals surface area contributed by atoms with Gasteiger partial charge in [0, 0.05) is 11.3 Å². The molecule has 8 heteroatoms. The zero-order valence-electron chi connectivity index (χ0n) is 19.7. The van der Waals surface area contributed by atoms with Gasteiger partial charge in [0.05, 0.1) is 42.0 Å². The number of ether oxygens (including phenoxy) is 2. The Morgan fingerprint density at radius 3 is 2.50 bits per heavy atom. The fourth-order valence-corrected chi connectivity index (χ4v) is 4.27. The van der Waals surface area contributed by atoms with E-state index in [9.17, 15) is 14.7 Å². The Balaban J connectivity index is 1.94. The first-order valence-corrected chi connectivity index (χ1v) is 11.6. The summed E-state index contributed by atoms with van der Waals surface area (Å²) >= 11 is 6.36. The predicted octanol–water partition coefficient (Wildman–Crippen LogP) is 5.64. The van der Waals surface area contributed by atoms with Crippen LogP contribution < -0.4 is 14.4 Å². The smallest absolute Gasteiger partial charge is 0.300 e. The number of aliphatic hydroxyl groups excluding tert-OH is 1. The van der Waals surface area contributed by atoms with E-state index in [1.54, 1.807) is 60.7 Å². The molecule has 7 nitrogen and oxygen atoms in total. The van der Waals surface area contributed by atoms with E-state index >= 15 is 0 Å². The molecule has 1 saturated heterocycles. The molecule has 1 aliphatic heterocycles. The Hall–Kier alpha value is -4.28. The third kappa shape index (κ3) is 4.64. The minimum Gasteiger partial charge on any atom is -0.507 e. The van der Waals surface area contributed by atoms with Crippen molar-refractivity contribution in [3.63, 3.8) is 0 Å². The number of hydrogen-bond acceptors (Lipinski definition) is 6. The number of carbonyl (C=O) groups is 2. The molecule has 0 aliphatic carbocycles. The third-order valence-electron chi connectivity index (χ3n) is 5.79. The molecule has 1 fully saturated rings. The van der Waals surface area contributed by atoms with Gasteiger partial charge >= 0.3 is 0 Å². The molecule has 0 saturated carbocycles. The van der Waals surface area contributed by atoms with E-state index in [0.717, 1.165) is 6.42 Å². The molecular weight excluding hydrogens is 480 g/mol. The standard InChI is InChI=1S/C28H23ClN2O5/c1-3-13-36-21-6-4-5-18(14-21)25-24(26(32)22-15-20(35-2)11-12-23(22)29)27(33)28(34)31(25)19-9-7-17(16-30)8-10-19/h4-12,14-15,25,32H,3,13H2,1-2H3/b26-24+. The summed E-state index contributed by atoms with van der Waals surface area (Å²) in [6, 6.07) is 19.1. The van der Waals surface area contributed by atoms with Gasteiger partial charge in [-0.15, -0.1) is 0 Å². The fourth-order valence-electron chi connectivity index (χ4n) is 4.06. The quantitative estimate of drug-likeness (QED) is 0.255. The molecule has 182 valence electrons. The van der Waals surface area contributed by atoms with Crippen molar-refractivity contribution in [1.82, 2.24) is 0 Å². The molecule has 1 N–H and O–H groups in total. The lowest BCUT2D eigenvalue weighted by Gasteiger charge is -2.26. The van der Waals surface area contributed by atoms with Crippen molar-refractivity contribution in [3.8, 4) is 17.6 Å². The highest BCUT2D eigenvalue weighted by Crippen LogP contribution is 2.44. The van der Waals surface area contributed by atoms with Crippen LogP contribution in [0.25, 0.3) is 5.76 Å². The number of carbonyl (C=O) groups excluding carboxylic acids is 2. The molecule has 3 aromatic carbocycles. The zero-order chi connectivity index (χ0) is 25.8. The van der Waals surface area contributed by atoms with Crippen LogP contribution in [-0.2, 0) is 9.59 Å². The Morgan fingerprint density at radius 2 is 1.83 bits per heavy atom. The summed E-state index contributed by atoms with van der Waals surface area (Å²) in [7, 11) is 1.47. The number of hydrogen-bond donors (Lipinski definition) is 1. The first-order chi connectivity index (χ1) is 17.4. The number of anilines is 1. The number of ketones is 1. The largest absolute Gasteiger partial charge is 0.507 e. The molecule has 0 radical (unpaired) electrons. The number of aliphatic hydroxyl groups is 1. The van der Waals surface area contributed by atoms with E-state index in [-0.39, 0.29) is 16.2 Å². The van der Waals surface area contributed by atoms with Crippen LogP contribution in [-0.4, -0.2) is 30.5 Å². The summed E-state index contributed by atoms with van der Waals surface area (Å²) in [5, 5.41) is 20.7. The third-order valence-corrected chi connectivity index (χ3v) is 6.12. The van der Waals surface area contributed by atoms with Crippen LogP contribution in [0.3, 0.4) is 0 Å². The highest BCUT2D eigenvalue weighted by atomic mass is 35.5. The van der Waals surface area contributed by atoms with Crippen molar-refractivity contribution < 1.29 is 24.2 Å². The number of amides is 1. The van der Waals surface area contributed by atoms with E-state index in [1.165, 1.54) is 18.1 Å². The SMILES string of the molecule is CCCOc1cccc(C2/C(=C(\O)c3cc(OC)ccc3Cl)C(=O)C(=O)N2c2ccc(C#N)cc2)c1. The predicted molar refractivity (Wildman–Crippen MR) is 136 cm³/mol. The second kappa shape index (κ2) is 10.5. The maximum atomic E-state index is 13.4. The lowest BCUT2D eigenvalue weighted by atomic mass is 9.94. The summed E-state index contributed by atoms with van der Waals surface area (Å²) in [5.41, 5.74) is 1.42. The van der Waals surface area contributed by atoms with Gasteiger partial charge in [0.2, 0.25) is 0 Å². The van der Waals surface area contributed by atoms with Gasteiger partial charge in [0.25, 0.3) is 11.7 Å². The van der Waals surface area contributed by atoms with Crippen molar-refractivity contribution in [1.29, 1.82) is 5.26 Å². The molecule has 1 aliphatic rings. The number of rotatable bonds is 7. The molecule has 0 bridgehead atoms. The first-order valence-electron chi connectivity index (χ1n) is 11.3. The van der Waals surface area contributed by atoms with Gasteiger partial charge in [0.1, 0.15) is 17.3 Å². The number of Topliss-reactive ketones (excluding diaryl/α,β-unsaturated/α-hetero) is 1. The van der Waals surface area contributed by atoms with E-state index in [4.69, 9.17) is 26.3 Å². The molecule has 0 spiro atoms. The number of nitrogens with zero attached hydrogens (tertiary/aromatic N) is 2. The monoisotopic (exact) mass is 502 g/mol. The van der Waals surface area contributed by atoms with Crippen molar-refractivity contribution in [2.45, 2.75) is 19.4 Å². The Kier molecular flexibility index (Phi) is 7.28. The van der Waals surface area contributed by atoms with Crippen LogP contribution in [0.2, 0.25) is 5.02 Å². The van der Waals surface area contributed by atoms with E-state index in [0.29, 0.717) is 34.9 Å². The maximum Gasteiger partial charge on any atom is 0.300 e. The molecular formula is C28H23ClN2O5. The highest BCUT2D eigenvalue weighted by Gasteiger charge is 2.47. The number of benzene rings is 3. The molecule has 0 aromatic heterocycles. The lowest BCUT2D eigenvalue weighted by molar-refractivity contribution is -0.132. The fraction of sp³-hybridized carbons (Fsp3) is 0.179. The Morgan fingerprint density at radius 1 is 1.08 bits per heavy atom. The molecule has 36 heavy (non-hydrogen) atoms. The van der Waals surface area contributed by atoms with Gasteiger partial charge < -0.3 is 14.6 Å². The maximum absolute atomic E-state index is 13.4.